The summed E-state index contributed by atoms with van der Waals surface area (Å²) in [4.78, 5) is 3.05. The van der Waals surface area contributed by atoms with Crippen molar-refractivity contribution in [2.45, 2.75) is 6.54 Å². The predicted molar refractivity (Wildman–Crippen MR) is 85.2 cm³/mol. The van der Waals surface area contributed by atoms with Gasteiger partial charge in [0.05, 0.1) is 16.8 Å². The van der Waals surface area contributed by atoms with Crippen LogP contribution in [0.4, 0.5) is 28.6 Å². The normalized spacial score (nSPS) is 10.3. The molecule has 0 aromatic heterocycles. The number of diazo groups is 1. The fraction of sp³-hybridized carbons (Fsp3) is 0.0769. The minimum Gasteiger partial charge on any atom is -0.418 e. The van der Waals surface area contributed by atoms with Crippen LogP contribution < -0.4 is 5.32 Å². The van der Waals surface area contributed by atoms with Gasteiger partial charge in [-0.15, -0.1) is 0 Å². The van der Waals surface area contributed by atoms with Crippen molar-refractivity contribution < 1.29 is 17.3 Å². The quantitative estimate of drug-likeness (QED) is 0.389. The van der Waals surface area contributed by atoms with Gasteiger partial charge in [0, 0.05) is 6.54 Å². The largest absolute Gasteiger partial charge is 0.673 e. The number of rotatable bonds is 3. The standard InChI is InChI=1S/C13H10Cl2N3.BF4/c14-10-7-13(18-16)11(15)6-12(10)17-8-9-4-2-1-3-5-9;2-1(3,4)5/h1-7,17H,8H2;/q+1;-1. The highest BCUT2D eigenvalue weighted by molar-refractivity contribution is 6.50. The van der Waals surface area contributed by atoms with Gasteiger partial charge >= 0.3 is 12.9 Å². The second kappa shape index (κ2) is 8.60. The van der Waals surface area contributed by atoms with Crippen LogP contribution in [0.3, 0.4) is 0 Å². The summed E-state index contributed by atoms with van der Waals surface area (Å²) in [6.07, 6.45) is 0. The molecule has 0 unspecified atom stereocenters. The molecule has 0 bridgehead atoms. The topological polar surface area (TPSA) is 40.2 Å². The average Bonchev–Trinajstić information content (AvgIpc) is 2.47. The second-order valence-corrected chi connectivity index (χ2v) is 5.03. The van der Waals surface area contributed by atoms with Gasteiger partial charge in [-0.25, -0.2) is 0 Å². The monoisotopic (exact) mass is 365 g/mol. The fourth-order valence-electron chi connectivity index (χ4n) is 1.54. The smallest absolute Gasteiger partial charge is 0.418 e. The Morgan fingerprint density at radius 1 is 1.00 bits per heavy atom. The van der Waals surface area contributed by atoms with Crippen molar-refractivity contribution in [3.05, 3.63) is 63.0 Å². The molecule has 0 aliphatic heterocycles. The average molecular weight is 366 g/mol. The van der Waals surface area contributed by atoms with Crippen LogP contribution in [0, 0.1) is 5.39 Å². The van der Waals surface area contributed by atoms with Gasteiger partial charge in [-0.3, -0.25) is 0 Å². The fourth-order valence-corrected chi connectivity index (χ4v) is 1.97. The second-order valence-electron chi connectivity index (χ2n) is 4.22. The Morgan fingerprint density at radius 2 is 1.57 bits per heavy atom. The lowest BCUT2D eigenvalue weighted by Gasteiger charge is -2.07. The van der Waals surface area contributed by atoms with Crippen LogP contribution in [0.15, 0.2) is 42.5 Å². The third-order valence-corrected chi connectivity index (χ3v) is 3.09. The van der Waals surface area contributed by atoms with Crippen molar-refractivity contribution in [2.24, 2.45) is 0 Å². The number of anilines is 1. The van der Waals surface area contributed by atoms with Crippen molar-refractivity contribution in [1.82, 2.24) is 0 Å². The highest BCUT2D eigenvalue weighted by atomic mass is 35.5. The third kappa shape index (κ3) is 7.72. The van der Waals surface area contributed by atoms with E-state index in [1.807, 2.05) is 30.3 Å². The number of hydrogen-bond donors (Lipinski definition) is 1. The molecule has 0 amide bonds. The molecule has 0 radical (unpaired) electrons. The van der Waals surface area contributed by atoms with Crippen LogP contribution in [0.1, 0.15) is 5.56 Å². The number of halogens is 6. The zero-order chi connectivity index (χ0) is 17.5. The summed E-state index contributed by atoms with van der Waals surface area (Å²) < 4.78 is 39.0. The van der Waals surface area contributed by atoms with E-state index in [9.17, 15) is 17.3 Å². The molecule has 10 heteroatoms. The van der Waals surface area contributed by atoms with Crippen LogP contribution in [-0.4, -0.2) is 7.25 Å². The summed E-state index contributed by atoms with van der Waals surface area (Å²) in [7, 11) is -6.00. The molecule has 0 atom stereocenters. The van der Waals surface area contributed by atoms with Crippen molar-refractivity contribution >= 4 is 41.8 Å². The molecule has 3 nitrogen and oxygen atoms in total. The molecule has 0 spiro atoms. The third-order valence-electron chi connectivity index (χ3n) is 2.47. The van der Waals surface area contributed by atoms with Crippen LogP contribution in [0.5, 0.6) is 0 Å². The number of hydrogen-bond acceptors (Lipinski definition) is 2. The lowest BCUT2D eigenvalue weighted by molar-refractivity contribution is 0.368. The highest BCUT2D eigenvalue weighted by Gasteiger charge is 2.20. The molecule has 23 heavy (non-hydrogen) atoms. The minimum atomic E-state index is -6.00. The molecule has 1 N–H and O–H groups in total. The SMILES string of the molecule is F[B-](F)(F)F.N#[N+]c1cc(Cl)c(NCc2ccccc2)cc1Cl. The number of nitrogens with zero attached hydrogens (tertiary/aromatic N) is 2. The van der Waals surface area contributed by atoms with Gasteiger partial charge in [-0.1, -0.05) is 53.5 Å². The van der Waals surface area contributed by atoms with Crippen molar-refractivity contribution in [3.63, 3.8) is 0 Å². The minimum absolute atomic E-state index is 0.256. The lowest BCUT2D eigenvalue weighted by atomic mass is 10.2. The van der Waals surface area contributed by atoms with E-state index in [0.29, 0.717) is 22.3 Å². The number of nitrogens with one attached hydrogen (secondary N) is 1. The highest BCUT2D eigenvalue weighted by Crippen LogP contribution is 2.34. The predicted octanol–water partition coefficient (Wildman–Crippen LogP) is 6.39. The molecule has 0 aliphatic rings. The molecule has 122 valence electrons. The Kier molecular flexibility index (Phi) is 7.13. The van der Waals surface area contributed by atoms with Gasteiger partial charge in [0.1, 0.15) is 5.02 Å². The van der Waals surface area contributed by atoms with Gasteiger partial charge in [0.15, 0.2) is 4.98 Å². The summed E-state index contributed by atoms with van der Waals surface area (Å²) in [5.41, 5.74) is 2.10. The maximum atomic E-state index is 9.75. The van der Waals surface area contributed by atoms with E-state index in [-0.39, 0.29) is 5.69 Å². The van der Waals surface area contributed by atoms with Gasteiger partial charge in [0.25, 0.3) is 0 Å². The van der Waals surface area contributed by atoms with Gasteiger partial charge in [-0.05, 0) is 11.6 Å². The van der Waals surface area contributed by atoms with E-state index < -0.39 is 7.25 Å². The van der Waals surface area contributed by atoms with Gasteiger partial charge in [-0.2, -0.15) is 0 Å². The lowest BCUT2D eigenvalue weighted by Crippen LogP contribution is -2.02. The summed E-state index contributed by atoms with van der Waals surface area (Å²) in [5, 5.41) is 12.7. The summed E-state index contributed by atoms with van der Waals surface area (Å²) in [5.74, 6) is 0. The summed E-state index contributed by atoms with van der Waals surface area (Å²) in [6.45, 7) is 0.645. The van der Waals surface area contributed by atoms with Crippen LogP contribution in [0.25, 0.3) is 4.98 Å². The molecule has 0 aliphatic carbocycles. The Hall–Kier alpha value is -1.98. The Morgan fingerprint density at radius 3 is 2.09 bits per heavy atom. The first-order valence-corrected chi connectivity index (χ1v) is 6.95. The van der Waals surface area contributed by atoms with Crippen molar-refractivity contribution in [2.75, 3.05) is 5.32 Å². The molecule has 0 saturated heterocycles. The van der Waals surface area contributed by atoms with Crippen molar-refractivity contribution in [1.29, 1.82) is 5.39 Å². The Balaban J connectivity index is 0.000000463. The molecule has 2 rings (SSSR count). The van der Waals surface area contributed by atoms with E-state index >= 15 is 0 Å². The van der Waals surface area contributed by atoms with Crippen LogP contribution in [-0.2, 0) is 6.54 Å². The molecule has 0 fully saturated rings. The van der Waals surface area contributed by atoms with Crippen molar-refractivity contribution in [3.8, 4) is 0 Å². The number of benzene rings is 2. The first-order chi connectivity index (χ1) is 10.7. The van der Waals surface area contributed by atoms with Crippen LogP contribution >= 0.6 is 23.2 Å². The van der Waals surface area contributed by atoms with E-state index in [1.54, 1.807) is 6.07 Å². The molecule has 0 heterocycles. The summed E-state index contributed by atoms with van der Waals surface area (Å²) in [6, 6.07) is 13.1. The molecular weight excluding hydrogens is 356 g/mol. The van der Waals surface area contributed by atoms with Gasteiger partial charge < -0.3 is 22.6 Å². The Labute approximate surface area is 139 Å². The maximum Gasteiger partial charge on any atom is 0.673 e. The first-order valence-electron chi connectivity index (χ1n) is 6.20. The zero-order valence-electron chi connectivity index (χ0n) is 11.5. The molecule has 2 aromatic rings. The van der Waals surface area contributed by atoms with E-state index in [4.69, 9.17) is 28.6 Å². The Bertz CT molecular complexity index is 684. The molecule has 0 saturated carbocycles. The molecule has 2 aromatic carbocycles. The maximum absolute atomic E-state index is 9.75. The summed E-state index contributed by atoms with van der Waals surface area (Å²) >= 11 is 12.0. The molecular formula is C13H10BCl2F4N3. The van der Waals surface area contributed by atoms with E-state index in [1.165, 1.54) is 6.07 Å². The van der Waals surface area contributed by atoms with Gasteiger partial charge in [0.2, 0.25) is 5.39 Å². The van der Waals surface area contributed by atoms with Crippen LogP contribution in [0.2, 0.25) is 10.0 Å². The van der Waals surface area contributed by atoms with E-state index in [0.717, 1.165) is 5.56 Å². The first kappa shape index (κ1) is 19.1. The van der Waals surface area contributed by atoms with E-state index in [2.05, 4.69) is 10.3 Å². The zero-order valence-corrected chi connectivity index (χ0v) is 13.0.